The van der Waals surface area contributed by atoms with Gasteiger partial charge in [0.15, 0.2) is 0 Å². The number of halogens is 2. The van der Waals surface area contributed by atoms with E-state index < -0.39 is 0 Å². The van der Waals surface area contributed by atoms with Gasteiger partial charge in [0.2, 0.25) is 5.91 Å². The van der Waals surface area contributed by atoms with E-state index in [1.165, 1.54) is 0 Å². The van der Waals surface area contributed by atoms with Crippen molar-refractivity contribution in [2.24, 2.45) is 11.7 Å². The van der Waals surface area contributed by atoms with Crippen LogP contribution in [0.3, 0.4) is 0 Å². The maximum atomic E-state index is 12.4. The second-order valence-corrected chi connectivity index (χ2v) is 6.57. The second-order valence-electron chi connectivity index (χ2n) is 5.69. The summed E-state index contributed by atoms with van der Waals surface area (Å²) in [5.41, 5.74) is 7.73. The lowest BCUT2D eigenvalue weighted by atomic mass is 9.96. The van der Waals surface area contributed by atoms with Crippen LogP contribution in [0.5, 0.6) is 0 Å². The normalized spacial score (nSPS) is 13.7. The summed E-state index contributed by atoms with van der Waals surface area (Å²) in [6, 6.07) is 14.3. The number of carbonyl (C=O) groups excluding carboxylic acids is 1. The average Bonchev–Trinajstić information content (AvgIpc) is 2.53. The molecule has 2 aromatic carbocycles. The molecule has 0 aliphatic carbocycles. The number of hydrogen-bond acceptors (Lipinski definition) is 2. The van der Waals surface area contributed by atoms with Crippen molar-refractivity contribution in [1.82, 2.24) is 5.32 Å². The zero-order valence-electron chi connectivity index (χ0n) is 13.1. The molecule has 0 saturated heterocycles. The molecule has 0 bridgehead atoms. The highest BCUT2D eigenvalue weighted by Crippen LogP contribution is 2.25. The van der Waals surface area contributed by atoms with Gasteiger partial charge in [0, 0.05) is 22.0 Å². The van der Waals surface area contributed by atoms with Gasteiger partial charge in [0.1, 0.15) is 0 Å². The van der Waals surface area contributed by atoms with Crippen LogP contribution in [0.15, 0.2) is 48.5 Å². The molecule has 2 aromatic rings. The fourth-order valence-corrected chi connectivity index (χ4v) is 2.43. The Morgan fingerprint density at radius 1 is 0.913 bits per heavy atom. The summed E-state index contributed by atoms with van der Waals surface area (Å²) in [6.45, 7) is 3.64. The first-order valence-corrected chi connectivity index (χ1v) is 8.21. The Kier molecular flexibility index (Phi) is 6.05. The Labute approximate surface area is 146 Å². The fraction of sp³-hybridized carbons (Fsp3) is 0.278. The molecular formula is C18H20Cl2N2O. The fourth-order valence-electron chi connectivity index (χ4n) is 2.18. The van der Waals surface area contributed by atoms with Gasteiger partial charge < -0.3 is 11.1 Å². The molecule has 5 heteroatoms. The molecule has 2 rings (SSSR count). The van der Waals surface area contributed by atoms with E-state index in [9.17, 15) is 4.79 Å². The van der Waals surface area contributed by atoms with Crippen LogP contribution in [0.1, 0.15) is 31.0 Å². The lowest BCUT2D eigenvalue weighted by molar-refractivity contribution is -0.125. The summed E-state index contributed by atoms with van der Waals surface area (Å²) in [5, 5.41) is 4.37. The molecule has 3 N–H and O–H groups in total. The number of hydrogen-bond donors (Lipinski definition) is 2. The van der Waals surface area contributed by atoms with E-state index in [1.54, 1.807) is 24.3 Å². The van der Waals surface area contributed by atoms with Crippen molar-refractivity contribution < 1.29 is 4.79 Å². The van der Waals surface area contributed by atoms with Crippen molar-refractivity contribution >= 4 is 29.1 Å². The van der Waals surface area contributed by atoms with Gasteiger partial charge in [-0.1, -0.05) is 54.4 Å². The van der Waals surface area contributed by atoms with Crippen molar-refractivity contribution in [2.45, 2.75) is 25.9 Å². The van der Waals surface area contributed by atoms with Crippen LogP contribution < -0.4 is 11.1 Å². The third-order valence-electron chi connectivity index (χ3n) is 3.90. The standard InChI is InChI=1S/C18H20Cl2N2O/c1-11(12(2)21)18(23)22-17(13-3-7-15(19)8-4-13)14-5-9-16(20)10-6-14/h3-12,17H,21H2,1-2H3,(H,22,23). The van der Waals surface area contributed by atoms with Gasteiger partial charge in [-0.3, -0.25) is 4.79 Å². The van der Waals surface area contributed by atoms with E-state index in [1.807, 2.05) is 38.1 Å². The summed E-state index contributed by atoms with van der Waals surface area (Å²) in [6.07, 6.45) is 0. The van der Waals surface area contributed by atoms with Crippen LogP contribution in [-0.2, 0) is 4.79 Å². The Balaban J connectivity index is 2.33. The largest absolute Gasteiger partial charge is 0.345 e. The topological polar surface area (TPSA) is 55.1 Å². The molecule has 0 fully saturated rings. The maximum absolute atomic E-state index is 12.4. The minimum Gasteiger partial charge on any atom is -0.345 e. The van der Waals surface area contributed by atoms with E-state index >= 15 is 0 Å². The Morgan fingerprint density at radius 3 is 1.65 bits per heavy atom. The van der Waals surface area contributed by atoms with Crippen LogP contribution in [0.25, 0.3) is 0 Å². The zero-order valence-corrected chi connectivity index (χ0v) is 14.6. The predicted octanol–water partition coefficient (Wildman–Crippen LogP) is 4.18. The molecule has 0 radical (unpaired) electrons. The lowest BCUT2D eigenvalue weighted by Crippen LogP contribution is -2.40. The highest BCUT2D eigenvalue weighted by atomic mass is 35.5. The van der Waals surface area contributed by atoms with E-state index in [0.717, 1.165) is 11.1 Å². The summed E-state index contributed by atoms with van der Waals surface area (Å²) in [7, 11) is 0. The molecular weight excluding hydrogens is 331 g/mol. The van der Waals surface area contributed by atoms with Crippen molar-refractivity contribution in [2.75, 3.05) is 0 Å². The number of nitrogens with one attached hydrogen (secondary N) is 1. The maximum Gasteiger partial charge on any atom is 0.225 e. The van der Waals surface area contributed by atoms with Gasteiger partial charge in [-0.25, -0.2) is 0 Å². The van der Waals surface area contributed by atoms with Gasteiger partial charge in [0.05, 0.1) is 6.04 Å². The Hall–Kier alpha value is -1.55. The first kappa shape index (κ1) is 17.8. The zero-order chi connectivity index (χ0) is 17.0. The van der Waals surface area contributed by atoms with Crippen LogP contribution in [0, 0.1) is 5.92 Å². The SMILES string of the molecule is CC(N)C(C)C(=O)NC(c1ccc(Cl)cc1)c1ccc(Cl)cc1. The number of benzene rings is 2. The van der Waals surface area contributed by atoms with Crippen molar-refractivity contribution in [3.63, 3.8) is 0 Å². The van der Waals surface area contributed by atoms with Gasteiger partial charge in [-0.05, 0) is 42.3 Å². The van der Waals surface area contributed by atoms with E-state index in [-0.39, 0.29) is 23.9 Å². The van der Waals surface area contributed by atoms with E-state index in [2.05, 4.69) is 5.32 Å². The third kappa shape index (κ3) is 4.71. The molecule has 23 heavy (non-hydrogen) atoms. The summed E-state index contributed by atoms with van der Waals surface area (Å²) in [4.78, 5) is 12.4. The highest BCUT2D eigenvalue weighted by Gasteiger charge is 2.22. The molecule has 0 heterocycles. The van der Waals surface area contributed by atoms with Crippen molar-refractivity contribution in [1.29, 1.82) is 0 Å². The highest BCUT2D eigenvalue weighted by molar-refractivity contribution is 6.30. The molecule has 0 spiro atoms. The number of amides is 1. The summed E-state index contributed by atoms with van der Waals surface area (Å²) >= 11 is 11.9. The molecule has 2 unspecified atom stereocenters. The minimum absolute atomic E-state index is 0.0881. The number of nitrogens with two attached hydrogens (primary N) is 1. The molecule has 0 aliphatic rings. The quantitative estimate of drug-likeness (QED) is 0.849. The molecule has 0 saturated carbocycles. The van der Waals surface area contributed by atoms with Crippen LogP contribution in [0.2, 0.25) is 10.0 Å². The summed E-state index contributed by atoms with van der Waals surface area (Å²) in [5.74, 6) is -0.369. The number of rotatable bonds is 5. The van der Waals surface area contributed by atoms with Crippen LogP contribution >= 0.6 is 23.2 Å². The second kappa shape index (κ2) is 7.82. The van der Waals surface area contributed by atoms with Gasteiger partial charge in [0.25, 0.3) is 0 Å². The van der Waals surface area contributed by atoms with Crippen LogP contribution in [-0.4, -0.2) is 11.9 Å². The van der Waals surface area contributed by atoms with Gasteiger partial charge in [-0.2, -0.15) is 0 Å². The van der Waals surface area contributed by atoms with Crippen molar-refractivity contribution in [3.8, 4) is 0 Å². The molecule has 122 valence electrons. The molecule has 3 nitrogen and oxygen atoms in total. The monoisotopic (exact) mass is 350 g/mol. The Morgan fingerprint density at radius 2 is 1.30 bits per heavy atom. The van der Waals surface area contributed by atoms with Crippen molar-refractivity contribution in [3.05, 3.63) is 69.7 Å². The molecule has 1 amide bonds. The Bertz CT molecular complexity index is 608. The smallest absolute Gasteiger partial charge is 0.225 e. The first-order chi connectivity index (χ1) is 10.9. The average molecular weight is 351 g/mol. The van der Waals surface area contributed by atoms with Gasteiger partial charge >= 0.3 is 0 Å². The van der Waals surface area contributed by atoms with E-state index in [4.69, 9.17) is 28.9 Å². The molecule has 0 aliphatic heterocycles. The summed E-state index contributed by atoms with van der Waals surface area (Å²) < 4.78 is 0. The predicted molar refractivity (Wildman–Crippen MR) is 95.7 cm³/mol. The van der Waals surface area contributed by atoms with Gasteiger partial charge in [-0.15, -0.1) is 0 Å². The molecule has 0 aromatic heterocycles. The molecule has 2 atom stereocenters. The third-order valence-corrected chi connectivity index (χ3v) is 4.40. The number of carbonyl (C=O) groups is 1. The van der Waals surface area contributed by atoms with E-state index in [0.29, 0.717) is 10.0 Å². The lowest BCUT2D eigenvalue weighted by Gasteiger charge is -2.23. The minimum atomic E-state index is -0.280. The first-order valence-electron chi connectivity index (χ1n) is 7.45. The van der Waals surface area contributed by atoms with Crippen LogP contribution in [0.4, 0.5) is 0 Å².